The maximum Gasteiger partial charge on any atom is 0.407 e. The second-order valence-electron chi connectivity index (χ2n) is 6.68. The average molecular weight is 314 g/mol. The average Bonchev–Trinajstić information content (AvgIpc) is 2.46. The third kappa shape index (κ3) is 5.14. The number of amides is 2. The van der Waals surface area contributed by atoms with Crippen LogP contribution in [0.2, 0.25) is 0 Å². The Balaban J connectivity index is 1.73. The van der Waals surface area contributed by atoms with E-state index >= 15 is 0 Å². The van der Waals surface area contributed by atoms with Crippen molar-refractivity contribution in [1.82, 2.24) is 10.2 Å². The van der Waals surface area contributed by atoms with Crippen molar-refractivity contribution < 1.29 is 23.8 Å². The van der Waals surface area contributed by atoms with Crippen LogP contribution in [0.3, 0.4) is 0 Å². The number of carbonyl (C=O) groups is 2. The van der Waals surface area contributed by atoms with Gasteiger partial charge in [0.1, 0.15) is 11.7 Å². The minimum Gasteiger partial charge on any atom is -0.444 e. The Labute approximate surface area is 131 Å². The van der Waals surface area contributed by atoms with Crippen molar-refractivity contribution in [3.8, 4) is 0 Å². The Kier molecular flexibility index (Phi) is 5.63. The van der Waals surface area contributed by atoms with Crippen molar-refractivity contribution in [2.24, 2.45) is 0 Å². The van der Waals surface area contributed by atoms with Gasteiger partial charge >= 0.3 is 6.09 Å². The summed E-state index contributed by atoms with van der Waals surface area (Å²) in [5, 5.41) is 2.78. The van der Waals surface area contributed by atoms with Crippen LogP contribution in [0.1, 0.15) is 33.6 Å². The maximum atomic E-state index is 12.3. The Hall–Kier alpha value is -1.34. The second-order valence-corrected chi connectivity index (χ2v) is 6.68. The first kappa shape index (κ1) is 17.0. The molecule has 2 heterocycles. The van der Waals surface area contributed by atoms with Crippen LogP contribution in [0.4, 0.5) is 4.79 Å². The first-order valence-corrected chi connectivity index (χ1v) is 7.83. The number of hydrogen-bond donors (Lipinski definition) is 1. The molecule has 22 heavy (non-hydrogen) atoms. The molecule has 0 spiro atoms. The second kappa shape index (κ2) is 7.28. The van der Waals surface area contributed by atoms with Crippen LogP contribution < -0.4 is 5.32 Å². The van der Waals surface area contributed by atoms with E-state index in [0.717, 1.165) is 0 Å². The van der Waals surface area contributed by atoms with Gasteiger partial charge in [-0.05, 0) is 33.6 Å². The third-order valence-corrected chi connectivity index (χ3v) is 3.59. The molecular weight excluding hydrogens is 288 g/mol. The SMILES string of the molecule is CC(C)(C)OC(=O)N[C@@H]1CC[C@@H](C(=O)N2CCOCC2)OC1. The van der Waals surface area contributed by atoms with Gasteiger partial charge in [-0.2, -0.15) is 0 Å². The Morgan fingerprint density at radius 3 is 2.41 bits per heavy atom. The molecule has 7 nitrogen and oxygen atoms in total. The van der Waals surface area contributed by atoms with Crippen molar-refractivity contribution in [2.75, 3.05) is 32.9 Å². The highest BCUT2D eigenvalue weighted by Gasteiger charge is 2.32. The molecular formula is C15H26N2O5. The lowest BCUT2D eigenvalue weighted by molar-refractivity contribution is -0.151. The van der Waals surface area contributed by atoms with E-state index in [-0.39, 0.29) is 11.9 Å². The van der Waals surface area contributed by atoms with Crippen molar-refractivity contribution in [2.45, 2.75) is 51.4 Å². The van der Waals surface area contributed by atoms with E-state index in [2.05, 4.69) is 5.32 Å². The Morgan fingerprint density at radius 2 is 1.86 bits per heavy atom. The fourth-order valence-electron chi connectivity index (χ4n) is 2.52. The number of morpholine rings is 1. The van der Waals surface area contributed by atoms with Gasteiger partial charge in [-0.15, -0.1) is 0 Å². The molecule has 0 aromatic heterocycles. The highest BCUT2D eigenvalue weighted by molar-refractivity contribution is 5.81. The van der Waals surface area contributed by atoms with Crippen molar-refractivity contribution >= 4 is 12.0 Å². The molecule has 126 valence electrons. The lowest BCUT2D eigenvalue weighted by Crippen LogP contribution is -2.51. The van der Waals surface area contributed by atoms with Gasteiger partial charge in [-0.1, -0.05) is 0 Å². The van der Waals surface area contributed by atoms with Gasteiger partial charge in [0.15, 0.2) is 0 Å². The Bertz CT molecular complexity index is 393. The standard InChI is InChI=1S/C15H26N2O5/c1-15(2,3)22-14(19)16-11-4-5-12(21-10-11)13(18)17-6-8-20-9-7-17/h11-12H,4-10H2,1-3H3,(H,16,19)/t11-,12+/m1/s1. The van der Waals surface area contributed by atoms with Crippen LogP contribution in [0.15, 0.2) is 0 Å². The van der Waals surface area contributed by atoms with Gasteiger partial charge < -0.3 is 24.4 Å². The zero-order valence-corrected chi connectivity index (χ0v) is 13.6. The molecule has 2 aliphatic rings. The van der Waals surface area contributed by atoms with E-state index in [9.17, 15) is 9.59 Å². The van der Waals surface area contributed by atoms with E-state index in [0.29, 0.717) is 45.8 Å². The van der Waals surface area contributed by atoms with Gasteiger partial charge in [-0.25, -0.2) is 4.79 Å². The van der Waals surface area contributed by atoms with Gasteiger partial charge in [0, 0.05) is 13.1 Å². The fraction of sp³-hybridized carbons (Fsp3) is 0.867. The minimum atomic E-state index is -0.519. The maximum absolute atomic E-state index is 12.3. The molecule has 2 rings (SSSR count). The summed E-state index contributed by atoms with van der Waals surface area (Å²) in [5.74, 6) is 0.0269. The zero-order chi connectivity index (χ0) is 16.2. The smallest absolute Gasteiger partial charge is 0.407 e. The Morgan fingerprint density at radius 1 is 1.18 bits per heavy atom. The summed E-state index contributed by atoms with van der Waals surface area (Å²) in [7, 11) is 0. The molecule has 0 bridgehead atoms. The number of alkyl carbamates (subject to hydrolysis) is 1. The molecule has 2 saturated heterocycles. The van der Waals surface area contributed by atoms with Crippen LogP contribution in [0, 0.1) is 0 Å². The number of ether oxygens (including phenoxy) is 3. The van der Waals surface area contributed by atoms with Crippen molar-refractivity contribution in [3.63, 3.8) is 0 Å². The first-order chi connectivity index (χ1) is 10.3. The minimum absolute atomic E-state index is 0.0269. The summed E-state index contributed by atoms with van der Waals surface area (Å²) in [5.41, 5.74) is -0.519. The van der Waals surface area contributed by atoms with Crippen LogP contribution in [0.25, 0.3) is 0 Å². The predicted molar refractivity (Wildman–Crippen MR) is 79.5 cm³/mol. The largest absolute Gasteiger partial charge is 0.444 e. The number of carbonyl (C=O) groups excluding carboxylic acids is 2. The van der Waals surface area contributed by atoms with Gasteiger partial charge in [0.05, 0.1) is 25.9 Å². The fourth-order valence-corrected chi connectivity index (χ4v) is 2.52. The molecule has 2 amide bonds. The summed E-state index contributed by atoms with van der Waals surface area (Å²) in [6.07, 6.45) is 0.463. The molecule has 2 fully saturated rings. The third-order valence-electron chi connectivity index (χ3n) is 3.59. The molecule has 1 N–H and O–H groups in total. The van der Waals surface area contributed by atoms with Gasteiger partial charge in [-0.3, -0.25) is 4.79 Å². The lowest BCUT2D eigenvalue weighted by atomic mass is 10.0. The summed E-state index contributed by atoms with van der Waals surface area (Å²) >= 11 is 0. The highest BCUT2D eigenvalue weighted by atomic mass is 16.6. The number of rotatable bonds is 2. The van der Waals surface area contributed by atoms with Crippen molar-refractivity contribution in [3.05, 3.63) is 0 Å². The summed E-state index contributed by atoms with van der Waals surface area (Å²) < 4.78 is 16.1. The van der Waals surface area contributed by atoms with Crippen LogP contribution in [-0.4, -0.2) is 67.6 Å². The molecule has 7 heteroatoms. The van der Waals surface area contributed by atoms with Crippen LogP contribution in [-0.2, 0) is 19.0 Å². The summed E-state index contributed by atoms with van der Waals surface area (Å²) in [4.78, 5) is 25.8. The predicted octanol–water partition coefficient (Wildman–Crippen LogP) is 0.917. The summed E-state index contributed by atoms with van der Waals surface area (Å²) in [6, 6.07) is -0.108. The highest BCUT2D eigenvalue weighted by Crippen LogP contribution is 2.17. The molecule has 2 aliphatic heterocycles. The summed E-state index contributed by atoms with van der Waals surface area (Å²) in [6.45, 7) is 8.21. The topological polar surface area (TPSA) is 77.1 Å². The molecule has 0 saturated carbocycles. The number of hydrogen-bond acceptors (Lipinski definition) is 5. The molecule has 0 aromatic carbocycles. The molecule has 2 atom stereocenters. The number of nitrogens with one attached hydrogen (secondary N) is 1. The van der Waals surface area contributed by atoms with Crippen molar-refractivity contribution in [1.29, 1.82) is 0 Å². The monoisotopic (exact) mass is 314 g/mol. The quantitative estimate of drug-likeness (QED) is 0.820. The molecule has 0 radical (unpaired) electrons. The zero-order valence-electron chi connectivity index (χ0n) is 13.6. The van der Waals surface area contributed by atoms with Gasteiger partial charge in [0.2, 0.25) is 0 Å². The molecule has 0 unspecified atom stereocenters. The molecule has 0 aromatic rings. The normalized spacial score (nSPS) is 26.4. The molecule has 0 aliphatic carbocycles. The van der Waals surface area contributed by atoms with E-state index in [1.165, 1.54) is 0 Å². The van der Waals surface area contributed by atoms with Gasteiger partial charge in [0.25, 0.3) is 5.91 Å². The van der Waals surface area contributed by atoms with Crippen LogP contribution >= 0.6 is 0 Å². The number of nitrogens with zero attached hydrogens (tertiary/aromatic N) is 1. The van der Waals surface area contributed by atoms with E-state index in [1.54, 1.807) is 4.90 Å². The first-order valence-electron chi connectivity index (χ1n) is 7.83. The lowest BCUT2D eigenvalue weighted by Gasteiger charge is -2.34. The van der Waals surface area contributed by atoms with E-state index < -0.39 is 17.8 Å². The van der Waals surface area contributed by atoms with Crippen LogP contribution in [0.5, 0.6) is 0 Å². The van der Waals surface area contributed by atoms with E-state index in [4.69, 9.17) is 14.2 Å². The van der Waals surface area contributed by atoms with E-state index in [1.807, 2.05) is 20.8 Å².